The molecule has 1 amide bonds. The van der Waals surface area contributed by atoms with Gasteiger partial charge in [-0.1, -0.05) is 36.3 Å². The van der Waals surface area contributed by atoms with E-state index in [1.807, 2.05) is 42.5 Å². The van der Waals surface area contributed by atoms with Crippen LogP contribution in [0, 0.1) is 11.8 Å². The Bertz CT molecular complexity index is 1740. The summed E-state index contributed by atoms with van der Waals surface area (Å²) in [7, 11) is 0. The van der Waals surface area contributed by atoms with E-state index >= 15 is 0 Å². The van der Waals surface area contributed by atoms with Crippen molar-refractivity contribution in [1.82, 2.24) is 40.1 Å². The van der Waals surface area contributed by atoms with Gasteiger partial charge in [-0.2, -0.15) is 5.10 Å². The molecule has 0 spiro atoms. The van der Waals surface area contributed by atoms with Crippen molar-refractivity contribution in [2.45, 2.75) is 19.4 Å². The van der Waals surface area contributed by atoms with Gasteiger partial charge in [-0.15, -0.1) is 10.2 Å². The number of hydrogen-bond donors (Lipinski definition) is 2. The van der Waals surface area contributed by atoms with Crippen LogP contribution in [0.2, 0.25) is 0 Å². The van der Waals surface area contributed by atoms with E-state index in [0.717, 1.165) is 48.8 Å². The first-order valence-corrected chi connectivity index (χ1v) is 13.7. The molecule has 210 valence electrons. The monoisotopic (exact) mass is 559 g/mol. The second kappa shape index (κ2) is 11.9. The molecule has 1 aromatic carbocycles. The normalized spacial score (nSPS) is 15.1. The van der Waals surface area contributed by atoms with Gasteiger partial charge in [-0.3, -0.25) is 4.79 Å². The molecule has 6 rings (SSSR count). The van der Waals surface area contributed by atoms with Gasteiger partial charge >= 0.3 is 0 Å². The van der Waals surface area contributed by atoms with Gasteiger partial charge in [0.2, 0.25) is 5.82 Å². The second-order valence-corrected chi connectivity index (χ2v) is 9.88. The van der Waals surface area contributed by atoms with Crippen LogP contribution >= 0.6 is 0 Å². The smallest absolute Gasteiger partial charge is 0.272 e. The lowest BCUT2D eigenvalue weighted by Crippen LogP contribution is -2.40. The quantitative estimate of drug-likeness (QED) is 0.308. The molecule has 5 aromatic rings. The van der Waals surface area contributed by atoms with Crippen LogP contribution < -0.4 is 20.9 Å². The zero-order valence-corrected chi connectivity index (χ0v) is 23.1. The van der Waals surface area contributed by atoms with Gasteiger partial charge in [0.05, 0.1) is 17.9 Å². The Balaban J connectivity index is 1.11. The maximum Gasteiger partial charge on any atom is 0.272 e. The third-order valence-electron chi connectivity index (χ3n) is 7.00. The molecule has 1 aliphatic heterocycles. The molecule has 1 aliphatic rings. The van der Waals surface area contributed by atoms with E-state index in [1.165, 1.54) is 0 Å². The van der Waals surface area contributed by atoms with Crippen LogP contribution in [-0.4, -0.2) is 72.9 Å². The van der Waals surface area contributed by atoms with E-state index in [-0.39, 0.29) is 24.2 Å². The summed E-state index contributed by atoms with van der Waals surface area (Å²) in [6.07, 6.45) is 6.00. The Morgan fingerprint density at radius 1 is 1.07 bits per heavy atom. The van der Waals surface area contributed by atoms with Crippen molar-refractivity contribution < 1.29 is 4.79 Å². The zero-order valence-electron chi connectivity index (χ0n) is 23.1. The summed E-state index contributed by atoms with van der Waals surface area (Å²) in [5, 5.41) is 15.6. The van der Waals surface area contributed by atoms with Gasteiger partial charge in [0.15, 0.2) is 17.2 Å². The number of fused-ring (bicyclic) bond motifs is 1. The van der Waals surface area contributed by atoms with E-state index in [0.29, 0.717) is 17.3 Å². The minimum absolute atomic E-state index is 0.135. The maximum absolute atomic E-state index is 12.5. The number of benzene rings is 1. The molecular weight excluding hydrogens is 530 g/mol. The number of nitrogens with two attached hydrogens (primary N) is 1. The van der Waals surface area contributed by atoms with Gasteiger partial charge in [0.1, 0.15) is 5.82 Å². The van der Waals surface area contributed by atoms with Crippen molar-refractivity contribution in [1.29, 1.82) is 0 Å². The first kappa shape index (κ1) is 26.6. The summed E-state index contributed by atoms with van der Waals surface area (Å²) in [4.78, 5) is 30.1. The molecule has 0 aliphatic carbocycles. The molecule has 3 N–H and O–H groups in total. The highest BCUT2D eigenvalue weighted by Gasteiger charge is 2.25. The van der Waals surface area contributed by atoms with Crippen LogP contribution in [0.3, 0.4) is 0 Å². The number of amides is 1. The van der Waals surface area contributed by atoms with Gasteiger partial charge in [-0.25, -0.2) is 19.5 Å². The molecule has 12 heteroatoms. The number of nitrogens with one attached hydrogen (secondary N) is 1. The summed E-state index contributed by atoms with van der Waals surface area (Å²) in [6.45, 7) is 4.68. The molecule has 5 heterocycles. The Morgan fingerprint density at radius 2 is 1.95 bits per heavy atom. The highest BCUT2D eigenvalue weighted by molar-refractivity contribution is 5.93. The van der Waals surface area contributed by atoms with Crippen LogP contribution in [-0.2, 0) is 0 Å². The second-order valence-electron chi connectivity index (χ2n) is 9.88. The van der Waals surface area contributed by atoms with E-state index < -0.39 is 0 Å². The minimum Gasteiger partial charge on any atom is -0.380 e. The van der Waals surface area contributed by atoms with Crippen LogP contribution in [0.15, 0.2) is 73.2 Å². The predicted molar refractivity (Wildman–Crippen MR) is 160 cm³/mol. The molecule has 1 fully saturated rings. The molecule has 0 radical (unpaired) electrons. The highest BCUT2D eigenvalue weighted by atomic mass is 16.1. The van der Waals surface area contributed by atoms with E-state index in [2.05, 4.69) is 64.1 Å². The third-order valence-corrected chi connectivity index (χ3v) is 7.00. The number of rotatable bonds is 5. The fourth-order valence-electron chi connectivity index (χ4n) is 4.96. The lowest BCUT2D eigenvalue weighted by atomic mass is 10.1. The van der Waals surface area contributed by atoms with E-state index in [1.54, 1.807) is 35.2 Å². The molecule has 1 unspecified atom stereocenters. The van der Waals surface area contributed by atoms with Gasteiger partial charge in [0.25, 0.3) is 5.91 Å². The first-order valence-electron chi connectivity index (χ1n) is 13.7. The van der Waals surface area contributed by atoms with Crippen LogP contribution in [0.25, 0.3) is 16.9 Å². The number of anilines is 3. The fraction of sp³-hybridized carbons (Fsp3) is 0.233. The number of aromatic nitrogens is 7. The fourth-order valence-corrected chi connectivity index (χ4v) is 4.96. The first-order chi connectivity index (χ1) is 20.5. The lowest BCUT2D eigenvalue weighted by Gasteiger charge is -2.31. The average molecular weight is 560 g/mol. The van der Waals surface area contributed by atoms with Gasteiger partial charge < -0.3 is 20.9 Å². The third kappa shape index (κ3) is 5.80. The maximum atomic E-state index is 12.5. The Hall–Kier alpha value is -5.57. The van der Waals surface area contributed by atoms with Crippen LogP contribution in [0.5, 0.6) is 0 Å². The molecule has 1 saturated heterocycles. The Kier molecular flexibility index (Phi) is 7.54. The van der Waals surface area contributed by atoms with Crippen molar-refractivity contribution in [2.24, 2.45) is 0 Å². The van der Waals surface area contributed by atoms with Crippen molar-refractivity contribution in [3.05, 3.63) is 84.7 Å². The Labute approximate surface area is 242 Å². The van der Waals surface area contributed by atoms with E-state index in [9.17, 15) is 4.79 Å². The van der Waals surface area contributed by atoms with Crippen LogP contribution in [0.1, 0.15) is 29.7 Å². The van der Waals surface area contributed by atoms with Crippen molar-refractivity contribution in [2.75, 3.05) is 41.7 Å². The summed E-state index contributed by atoms with van der Waals surface area (Å²) < 4.78 is 1.55. The average Bonchev–Trinajstić information content (AvgIpc) is 3.37. The number of carbonyl (C=O) groups is 1. The largest absolute Gasteiger partial charge is 0.380 e. The molecule has 42 heavy (non-hydrogen) atoms. The predicted octanol–water partition coefficient (Wildman–Crippen LogP) is 2.45. The van der Waals surface area contributed by atoms with E-state index in [4.69, 9.17) is 5.73 Å². The zero-order chi connectivity index (χ0) is 28.9. The highest BCUT2D eigenvalue weighted by Crippen LogP contribution is 2.29. The van der Waals surface area contributed by atoms with Crippen molar-refractivity contribution >= 4 is 28.9 Å². The van der Waals surface area contributed by atoms with Gasteiger partial charge in [-0.05, 0) is 37.5 Å². The van der Waals surface area contributed by atoms with Crippen molar-refractivity contribution in [3.63, 3.8) is 0 Å². The molecule has 0 saturated carbocycles. The van der Waals surface area contributed by atoms with Crippen molar-refractivity contribution in [3.8, 4) is 23.1 Å². The number of nitrogens with zero attached hydrogens (tertiary/aromatic N) is 9. The summed E-state index contributed by atoms with van der Waals surface area (Å²) in [6, 6.07) is 17.4. The summed E-state index contributed by atoms with van der Waals surface area (Å²) in [5.74, 6) is 7.17. The molecular formula is C30H29N11O. The molecule has 1 atom stereocenters. The molecule has 12 nitrogen and oxygen atoms in total. The summed E-state index contributed by atoms with van der Waals surface area (Å²) in [5.41, 5.74) is 9.85. The standard InChI is InChI=1S/C30H29N11O/c1-21-20-39(15-7-16-40(21)25-18-23(36-37-29(25)31)22-8-3-2-4-9-22)27-11-14-32-26(35-27)10-5-12-34-30(42)24-19-28-33-13-6-17-41(28)38-24/h2-4,6,8-9,11,13-14,17-19,21H,7,12,15-16,20H2,1H3,(H2,31,37)(H,34,42). The minimum atomic E-state index is -0.325. The molecule has 4 aromatic heterocycles. The SMILES string of the molecule is CC1CN(c2ccnc(C#CCNC(=O)c3cc4ncccn4n3)n2)CCCN1c1cc(-c2ccccc2)nnc1N. The summed E-state index contributed by atoms with van der Waals surface area (Å²) >= 11 is 0. The van der Waals surface area contributed by atoms with Gasteiger partial charge in [0, 0.05) is 55.9 Å². The number of hydrogen-bond acceptors (Lipinski definition) is 10. The van der Waals surface area contributed by atoms with Crippen LogP contribution in [0.4, 0.5) is 17.3 Å². The lowest BCUT2D eigenvalue weighted by molar-refractivity contribution is 0.0953. The Morgan fingerprint density at radius 3 is 2.81 bits per heavy atom. The number of nitrogen functional groups attached to an aromatic ring is 1. The topological polar surface area (TPSA) is 143 Å². The molecule has 0 bridgehead atoms. The number of carbonyl (C=O) groups excluding carboxylic acids is 1.